The zero-order chi connectivity index (χ0) is 29.7. The molecule has 0 spiro atoms. The topological polar surface area (TPSA) is 186 Å². The Labute approximate surface area is 238 Å². The van der Waals surface area contributed by atoms with Crippen LogP contribution in [0.5, 0.6) is 0 Å². The summed E-state index contributed by atoms with van der Waals surface area (Å²) in [7, 11) is 1.70. The first kappa shape index (κ1) is 32.8. The first-order valence-electron chi connectivity index (χ1n) is 12.8. The number of nitrogens with one attached hydrogen (secondary N) is 2. The monoisotopic (exact) mass is 582 g/mol. The van der Waals surface area contributed by atoms with Crippen LogP contribution in [0.2, 0.25) is 0 Å². The average Bonchev–Trinajstić information content (AvgIpc) is 2.86. The number of hydrogen-bond acceptors (Lipinski definition) is 9. The maximum absolute atomic E-state index is 11.8. The van der Waals surface area contributed by atoms with E-state index >= 15 is 0 Å². The van der Waals surface area contributed by atoms with Gasteiger partial charge in [0.1, 0.15) is 0 Å². The molecule has 1 aliphatic rings. The molecule has 15 heteroatoms. The van der Waals surface area contributed by atoms with Gasteiger partial charge in [-0.25, -0.2) is 0 Å². The highest BCUT2D eigenvalue weighted by Crippen LogP contribution is 2.16. The molecule has 1 aromatic carbocycles. The van der Waals surface area contributed by atoms with Crippen LogP contribution >= 0.6 is 12.2 Å². The second kappa shape index (κ2) is 16.7. The average molecular weight is 583 g/mol. The van der Waals surface area contributed by atoms with Crippen LogP contribution in [0.25, 0.3) is 0 Å². The number of carboxylic acids is 4. The van der Waals surface area contributed by atoms with Gasteiger partial charge in [0.15, 0.2) is 5.11 Å². The van der Waals surface area contributed by atoms with Crippen LogP contribution in [0, 0.1) is 0 Å². The van der Waals surface area contributed by atoms with Crippen LogP contribution in [0.1, 0.15) is 5.56 Å². The zero-order valence-corrected chi connectivity index (χ0v) is 23.3. The van der Waals surface area contributed by atoms with E-state index in [0.717, 1.165) is 11.3 Å². The number of rotatable bonds is 11. The number of anilines is 1. The van der Waals surface area contributed by atoms with Crippen molar-refractivity contribution in [1.82, 2.24) is 24.9 Å². The third kappa shape index (κ3) is 12.7. The third-order valence-electron chi connectivity index (χ3n) is 6.48. The Bertz CT molecular complexity index is 1030. The Morgan fingerprint density at radius 3 is 1.68 bits per heavy atom. The fourth-order valence-electron chi connectivity index (χ4n) is 4.55. The lowest BCUT2D eigenvalue weighted by atomic mass is 10.0. The summed E-state index contributed by atoms with van der Waals surface area (Å²) in [4.78, 5) is 53.2. The fourth-order valence-corrected chi connectivity index (χ4v) is 4.66. The summed E-state index contributed by atoms with van der Waals surface area (Å²) < 4.78 is 0. The molecule has 1 saturated heterocycles. The van der Waals surface area contributed by atoms with Gasteiger partial charge in [0, 0.05) is 64.6 Å². The third-order valence-corrected chi connectivity index (χ3v) is 6.79. The van der Waals surface area contributed by atoms with Gasteiger partial charge in [0.2, 0.25) is 0 Å². The van der Waals surface area contributed by atoms with E-state index in [-0.39, 0.29) is 72.0 Å². The zero-order valence-electron chi connectivity index (χ0n) is 22.5. The summed E-state index contributed by atoms with van der Waals surface area (Å²) in [5.41, 5.74) is 1.65. The number of hydrogen-bond donors (Lipinski definition) is 6. The molecule has 0 saturated carbocycles. The van der Waals surface area contributed by atoms with Crippen molar-refractivity contribution in [3.63, 3.8) is 0 Å². The van der Waals surface area contributed by atoms with Crippen molar-refractivity contribution >= 4 is 46.9 Å². The van der Waals surface area contributed by atoms with Crippen molar-refractivity contribution in [3.05, 3.63) is 29.8 Å². The van der Waals surface area contributed by atoms with E-state index in [4.69, 9.17) is 12.2 Å². The van der Waals surface area contributed by atoms with Gasteiger partial charge < -0.3 is 31.1 Å². The largest absolute Gasteiger partial charge is 0.480 e. The maximum Gasteiger partial charge on any atom is 0.317 e. The van der Waals surface area contributed by atoms with E-state index in [1.54, 1.807) is 26.6 Å². The standard InChI is InChI=1S/C25H38N6O8S/c1-26-25(40)27-19-4-2-18(3-5-19)12-20-13-30(16-23(36)37)9-8-28(14-21(32)33)6-7-29(15-22(34)35)10-11-31(20)17-24(38)39/h2-5,20H,6-17H2,1H3,(H,32,33)(H,34,35)(H,36,37)(H,38,39)(H2,26,27,40). The summed E-state index contributed by atoms with van der Waals surface area (Å²) in [6.07, 6.45) is 0.401. The minimum atomic E-state index is -1.06. The number of carboxylic acid groups (broad SMARTS) is 4. The van der Waals surface area contributed by atoms with Gasteiger partial charge in [-0.1, -0.05) is 12.1 Å². The molecule has 40 heavy (non-hydrogen) atoms. The summed E-state index contributed by atoms with van der Waals surface area (Å²) in [5.74, 6) is -4.19. The van der Waals surface area contributed by atoms with E-state index in [2.05, 4.69) is 10.6 Å². The number of thiocarbonyl (C=S) groups is 1. The van der Waals surface area contributed by atoms with Crippen LogP contribution in [-0.4, -0.2) is 154 Å². The molecule has 1 fully saturated rings. The Balaban J connectivity index is 2.38. The normalized spacial score (nSPS) is 18.7. The highest BCUT2D eigenvalue weighted by atomic mass is 32.1. The summed E-state index contributed by atoms with van der Waals surface area (Å²) in [6, 6.07) is 7.00. The van der Waals surface area contributed by atoms with Crippen molar-refractivity contribution in [2.45, 2.75) is 12.5 Å². The molecule has 2 rings (SSSR count). The first-order chi connectivity index (χ1) is 18.9. The lowest BCUT2D eigenvalue weighted by molar-refractivity contribution is -0.142. The molecule has 222 valence electrons. The number of aliphatic carboxylic acids is 4. The van der Waals surface area contributed by atoms with Crippen molar-refractivity contribution < 1.29 is 39.6 Å². The van der Waals surface area contributed by atoms with Crippen molar-refractivity contribution in [3.8, 4) is 0 Å². The molecule has 0 radical (unpaired) electrons. The Morgan fingerprint density at radius 2 is 1.20 bits per heavy atom. The van der Waals surface area contributed by atoms with E-state index in [9.17, 15) is 39.6 Å². The summed E-state index contributed by atoms with van der Waals surface area (Å²) >= 11 is 5.13. The van der Waals surface area contributed by atoms with Gasteiger partial charge in [-0.2, -0.15) is 0 Å². The highest BCUT2D eigenvalue weighted by molar-refractivity contribution is 7.80. The first-order valence-corrected chi connectivity index (χ1v) is 13.2. The Kier molecular flexibility index (Phi) is 13.7. The molecule has 1 heterocycles. The van der Waals surface area contributed by atoms with Gasteiger partial charge in [0.05, 0.1) is 26.2 Å². The molecule has 0 bridgehead atoms. The van der Waals surface area contributed by atoms with Gasteiger partial charge >= 0.3 is 23.9 Å². The lowest BCUT2D eigenvalue weighted by Crippen LogP contribution is -2.53. The molecule has 0 amide bonds. The number of nitrogens with zero attached hydrogens (tertiary/aromatic N) is 4. The van der Waals surface area contributed by atoms with Gasteiger partial charge in [-0.15, -0.1) is 0 Å². The van der Waals surface area contributed by atoms with E-state index in [1.165, 1.54) is 0 Å². The molecule has 0 aliphatic carbocycles. The summed E-state index contributed by atoms with van der Waals surface area (Å²) in [5, 5.41) is 44.3. The number of carbonyl (C=O) groups is 4. The van der Waals surface area contributed by atoms with Gasteiger partial charge in [-0.3, -0.25) is 38.8 Å². The van der Waals surface area contributed by atoms with Crippen LogP contribution < -0.4 is 10.6 Å². The Hall–Kier alpha value is -3.37. The van der Waals surface area contributed by atoms with Gasteiger partial charge in [0.25, 0.3) is 0 Å². The molecule has 1 aromatic rings. The van der Waals surface area contributed by atoms with Crippen LogP contribution in [0.4, 0.5) is 5.69 Å². The van der Waals surface area contributed by atoms with E-state index in [1.807, 2.05) is 24.3 Å². The second-order valence-corrected chi connectivity index (χ2v) is 10.0. The molecule has 1 aliphatic heterocycles. The molecule has 1 atom stereocenters. The van der Waals surface area contributed by atoms with Crippen LogP contribution in [0.3, 0.4) is 0 Å². The fraction of sp³-hybridized carbons (Fsp3) is 0.560. The molecular formula is C25H38N6O8S. The van der Waals surface area contributed by atoms with Crippen molar-refractivity contribution in [2.24, 2.45) is 0 Å². The maximum atomic E-state index is 11.8. The van der Waals surface area contributed by atoms with Crippen LogP contribution in [-0.2, 0) is 25.6 Å². The summed E-state index contributed by atoms with van der Waals surface area (Å²) in [6.45, 7) is 0.519. The Morgan fingerprint density at radius 1 is 0.750 bits per heavy atom. The molecule has 1 unspecified atom stereocenters. The molecule has 14 nitrogen and oxygen atoms in total. The van der Waals surface area contributed by atoms with E-state index < -0.39 is 29.9 Å². The molecule has 6 N–H and O–H groups in total. The predicted octanol–water partition coefficient (Wildman–Crippen LogP) is -0.926. The van der Waals surface area contributed by atoms with Gasteiger partial charge in [-0.05, 0) is 36.3 Å². The predicted molar refractivity (Wildman–Crippen MR) is 151 cm³/mol. The highest BCUT2D eigenvalue weighted by Gasteiger charge is 2.27. The minimum Gasteiger partial charge on any atom is -0.480 e. The smallest absolute Gasteiger partial charge is 0.317 e. The second-order valence-electron chi connectivity index (χ2n) is 9.59. The number of benzene rings is 1. The molecule has 0 aromatic heterocycles. The SMILES string of the molecule is CNC(=S)Nc1ccc(CC2CN(CC(=O)O)CCN(CC(=O)O)CCN(CC(=O)O)CCN2CC(=O)O)cc1. The van der Waals surface area contributed by atoms with Crippen LogP contribution in [0.15, 0.2) is 24.3 Å². The molecular weight excluding hydrogens is 544 g/mol. The van der Waals surface area contributed by atoms with E-state index in [0.29, 0.717) is 11.5 Å². The minimum absolute atomic E-state index is 0.212. The quantitative estimate of drug-likeness (QED) is 0.176. The van der Waals surface area contributed by atoms with Crippen molar-refractivity contribution in [2.75, 3.05) is 84.4 Å². The van der Waals surface area contributed by atoms with Crippen molar-refractivity contribution in [1.29, 1.82) is 0 Å². The lowest BCUT2D eigenvalue weighted by Gasteiger charge is -2.37.